The molecule has 0 aromatic rings. The maximum atomic E-state index is 11.5. The molecule has 3 atom stereocenters. The van der Waals surface area contributed by atoms with Gasteiger partial charge in [0.1, 0.15) is 0 Å². The molecular weight excluding hydrogens is 288 g/mol. The lowest BCUT2D eigenvalue weighted by atomic mass is 9.86. The van der Waals surface area contributed by atoms with E-state index in [-0.39, 0.29) is 5.92 Å². The first kappa shape index (κ1) is 20.0. The maximum absolute atomic E-state index is 11.5. The van der Waals surface area contributed by atoms with Gasteiger partial charge in [0.25, 0.3) is 0 Å². The highest BCUT2D eigenvalue weighted by Crippen LogP contribution is 2.30. The van der Waals surface area contributed by atoms with E-state index in [4.69, 9.17) is 4.74 Å². The summed E-state index contributed by atoms with van der Waals surface area (Å²) >= 11 is 0. The molecule has 0 spiro atoms. The van der Waals surface area contributed by atoms with Gasteiger partial charge in [-0.3, -0.25) is 0 Å². The second-order valence-electron chi connectivity index (χ2n) is 6.92. The molecule has 1 aliphatic rings. The molecule has 3 nitrogen and oxygen atoms in total. The van der Waals surface area contributed by atoms with E-state index in [1.165, 1.54) is 38.5 Å². The fraction of sp³-hybridized carbons (Fsp3) is 0.750. The van der Waals surface area contributed by atoms with Gasteiger partial charge in [0, 0.05) is 5.92 Å². The summed E-state index contributed by atoms with van der Waals surface area (Å²) in [5.41, 5.74) is -0.516. The Morgan fingerprint density at radius 1 is 1.13 bits per heavy atom. The third kappa shape index (κ3) is 7.34. The van der Waals surface area contributed by atoms with E-state index in [9.17, 15) is 9.90 Å². The largest absolute Gasteiger partial charge is 0.479 e. The first-order chi connectivity index (χ1) is 11.0. The quantitative estimate of drug-likeness (QED) is 0.482. The summed E-state index contributed by atoms with van der Waals surface area (Å²) in [6.45, 7) is 6.27. The zero-order chi connectivity index (χ0) is 17.1. The molecule has 0 fully saturated rings. The topological polar surface area (TPSA) is 46.5 Å². The maximum Gasteiger partial charge on any atom is 0.332 e. The highest BCUT2D eigenvalue weighted by atomic mass is 16.5. The van der Waals surface area contributed by atoms with Gasteiger partial charge in [0.2, 0.25) is 0 Å². The standard InChI is InChI=1S/C20H34O3/c1-4-5-6-7-8-9-10-11-15-18(19(21)22)23-20(3)16-13-12-14-17(20)2/h12-14,16-18H,4-11,15H2,1-3H3,(H,21,22). The molecule has 3 unspecified atom stereocenters. The predicted molar refractivity (Wildman–Crippen MR) is 95.6 cm³/mol. The minimum Gasteiger partial charge on any atom is -0.479 e. The molecule has 0 bridgehead atoms. The second-order valence-corrected chi connectivity index (χ2v) is 6.92. The molecule has 0 amide bonds. The van der Waals surface area contributed by atoms with Crippen LogP contribution in [0.4, 0.5) is 0 Å². The van der Waals surface area contributed by atoms with E-state index in [0.717, 1.165) is 12.8 Å². The van der Waals surface area contributed by atoms with Crippen molar-refractivity contribution in [3.05, 3.63) is 24.3 Å². The number of carboxylic acids is 1. The van der Waals surface area contributed by atoms with Crippen molar-refractivity contribution in [3.63, 3.8) is 0 Å². The fourth-order valence-corrected chi connectivity index (χ4v) is 2.97. The van der Waals surface area contributed by atoms with Gasteiger partial charge in [-0.05, 0) is 13.3 Å². The number of unbranched alkanes of at least 4 members (excludes halogenated alkanes) is 7. The summed E-state index contributed by atoms with van der Waals surface area (Å²) in [5.74, 6) is -0.655. The number of hydrogen-bond acceptors (Lipinski definition) is 2. The van der Waals surface area contributed by atoms with E-state index in [2.05, 4.69) is 19.9 Å². The Balaban J connectivity index is 2.29. The molecule has 3 heteroatoms. The summed E-state index contributed by atoms with van der Waals surface area (Å²) in [4.78, 5) is 11.5. The van der Waals surface area contributed by atoms with Gasteiger partial charge in [0.05, 0.1) is 5.60 Å². The summed E-state index contributed by atoms with van der Waals surface area (Å²) in [7, 11) is 0. The van der Waals surface area contributed by atoms with Crippen molar-refractivity contribution in [1.29, 1.82) is 0 Å². The highest BCUT2D eigenvalue weighted by Gasteiger charge is 2.34. The van der Waals surface area contributed by atoms with Crippen LogP contribution in [0, 0.1) is 5.92 Å². The van der Waals surface area contributed by atoms with Crippen LogP contribution in [0.1, 0.15) is 78.6 Å². The Bertz CT molecular complexity index is 400. The average molecular weight is 322 g/mol. The van der Waals surface area contributed by atoms with Crippen LogP contribution in [0.15, 0.2) is 24.3 Å². The Morgan fingerprint density at radius 3 is 2.30 bits per heavy atom. The van der Waals surface area contributed by atoms with Gasteiger partial charge >= 0.3 is 5.97 Å². The smallest absolute Gasteiger partial charge is 0.332 e. The van der Waals surface area contributed by atoms with Crippen LogP contribution in [-0.4, -0.2) is 22.8 Å². The lowest BCUT2D eigenvalue weighted by molar-refractivity contribution is -0.162. The third-order valence-corrected chi connectivity index (χ3v) is 4.83. The van der Waals surface area contributed by atoms with Gasteiger partial charge in [-0.25, -0.2) is 4.79 Å². The lowest BCUT2D eigenvalue weighted by Crippen LogP contribution is -2.41. The normalized spacial score (nSPS) is 24.7. The monoisotopic (exact) mass is 322 g/mol. The Labute approximate surface area is 141 Å². The number of allylic oxidation sites excluding steroid dienone is 2. The molecule has 0 radical (unpaired) electrons. The van der Waals surface area contributed by atoms with Gasteiger partial charge in [-0.2, -0.15) is 0 Å². The van der Waals surface area contributed by atoms with E-state index < -0.39 is 17.7 Å². The van der Waals surface area contributed by atoms with Crippen molar-refractivity contribution in [3.8, 4) is 0 Å². The fourth-order valence-electron chi connectivity index (χ4n) is 2.97. The molecule has 23 heavy (non-hydrogen) atoms. The minimum absolute atomic E-state index is 0.188. The first-order valence-electron chi connectivity index (χ1n) is 9.26. The van der Waals surface area contributed by atoms with E-state index >= 15 is 0 Å². The summed E-state index contributed by atoms with van der Waals surface area (Å²) in [6, 6.07) is 0. The van der Waals surface area contributed by atoms with Crippen molar-refractivity contribution in [2.24, 2.45) is 5.92 Å². The van der Waals surface area contributed by atoms with Crippen LogP contribution < -0.4 is 0 Å². The second kappa shape index (κ2) is 10.6. The number of rotatable bonds is 12. The zero-order valence-corrected chi connectivity index (χ0v) is 15.1. The molecule has 0 saturated heterocycles. The van der Waals surface area contributed by atoms with Crippen molar-refractivity contribution in [1.82, 2.24) is 0 Å². The van der Waals surface area contributed by atoms with Crippen molar-refractivity contribution in [2.45, 2.75) is 90.3 Å². The number of aliphatic carboxylic acids is 1. The summed E-state index contributed by atoms with van der Waals surface area (Å²) in [5, 5.41) is 9.44. The van der Waals surface area contributed by atoms with Crippen LogP contribution in [0.25, 0.3) is 0 Å². The molecule has 0 aliphatic heterocycles. The van der Waals surface area contributed by atoms with Crippen LogP contribution in [0.5, 0.6) is 0 Å². The van der Waals surface area contributed by atoms with E-state index in [1.54, 1.807) is 0 Å². The minimum atomic E-state index is -0.843. The molecule has 1 rings (SSSR count). The van der Waals surface area contributed by atoms with Gasteiger partial charge in [0.15, 0.2) is 6.10 Å². The van der Waals surface area contributed by atoms with E-state index in [1.807, 2.05) is 25.2 Å². The van der Waals surface area contributed by atoms with Gasteiger partial charge in [-0.1, -0.05) is 89.5 Å². The molecule has 1 aliphatic carbocycles. The zero-order valence-electron chi connectivity index (χ0n) is 15.1. The predicted octanol–water partition coefficient (Wildman–Crippen LogP) is 5.51. The Hall–Kier alpha value is -1.09. The number of carboxylic acid groups (broad SMARTS) is 1. The Kier molecular flexibility index (Phi) is 9.23. The molecule has 0 aromatic heterocycles. The molecule has 0 saturated carbocycles. The molecule has 0 heterocycles. The Morgan fingerprint density at radius 2 is 1.74 bits per heavy atom. The molecule has 1 N–H and O–H groups in total. The van der Waals surface area contributed by atoms with Crippen LogP contribution in [-0.2, 0) is 9.53 Å². The number of ether oxygens (including phenoxy) is 1. The average Bonchev–Trinajstić information content (AvgIpc) is 2.51. The number of hydrogen-bond donors (Lipinski definition) is 1. The molecular formula is C20H34O3. The lowest BCUT2D eigenvalue weighted by Gasteiger charge is -2.35. The number of carbonyl (C=O) groups is 1. The molecule has 0 aromatic carbocycles. The van der Waals surface area contributed by atoms with Crippen LogP contribution >= 0.6 is 0 Å². The van der Waals surface area contributed by atoms with Gasteiger partial charge < -0.3 is 9.84 Å². The van der Waals surface area contributed by atoms with E-state index in [0.29, 0.717) is 6.42 Å². The van der Waals surface area contributed by atoms with Gasteiger partial charge in [-0.15, -0.1) is 0 Å². The summed E-state index contributed by atoms with van der Waals surface area (Å²) in [6.07, 6.45) is 17.6. The molecule has 132 valence electrons. The van der Waals surface area contributed by atoms with Crippen LogP contribution in [0.3, 0.4) is 0 Å². The van der Waals surface area contributed by atoms with Crippen molar-refractivity contribution < 1.29 is 14.6 Å². The van der Waals surface area contributed by atoms with Crippen LogP contribution in [0.2, 0.25) is 0 Å². The SMILES string of the molecule is CCCCCCCCCCC(OC1(C)C=CC=CC1C)C(=O)O. The summed E-state index contributed by atoms with van der Waals surface area (Å²) < 4.78 is 5.97. The highest BCUT2D eigenvalue weighted by molar-refractivity contribution is 5.72. The third-order valence-electron chi connectivity index (χ3n) is 4.83. The first-order valence-corrected chi connectivity index (χ1v) is 9.26. The van der Waals surface area contributed by atoms with Crippen molar-refractivity contribution in [2.75, 3.05) is 0 Å². The van der Waals surface area contributed by atoms with Crippen molar-refractivity contribution >= 4 is 5.97 Å².